The number of phenolic OH excluding ortho intramolecular Hbond substituents is 1. The average Bonchev–Trinajstić information content (AvgIpc) is 2.86. The van der Waals surface area contributed by atoms with Crippen molar-refractivity contribution < 1.29 is 19.3 Å². The minimum absolute atomic E-state index is 0.0357. The maximum absolute atomic E-state index is 11.0. The second-order valence-corrected chi connectivity index (χ2v) is 14.9. The zero-order valence-corrected chi connectivity index (χ0v) is 28.6. The fourth-order valence-electron chi connectivity index (χ4n) is 4.66. The molecule has 0 aliphatic carbocycles. The van der Waals surface area contributed by atoms with Crippen LogP contribution in [0.2, 0.25) is 0 Å². The van der Waals surface area contributed by atoms with Crippen LogP contribution in [-0.2, 0) is 31.1 Å². The van der Waals surface area contributed by atoms with Gasteiger partial charge in [0.15, 0.2) is 0 Å². The predicted octanol–water partition coefficient (Wildman–Crippen LogP) is 7.77. The van der Waals surface area contributed by atoms with Crippen molar-refractivity contribution in [3.05, 3.63) is 57.6 Å². The first kappa shape index (κ1) is 35.5. The van der Waals surface area contributed by atoms with E-state index in [2.05, 4.69) is 104 Å². The molecule has 0 spiro atoms. The number of aromatic hydroxyl groups is 1. The minimum atomic E-state index is -0.313. The van der Waals surface area contributed by atoms with Crippen molar-refractivity contribution in [1.82, 2.24) is 0 Å². The first-order valence-electron chi connectivity index (χ1n) is 15.0. The van der Waals surface area contributed by atoms with Crippen molar-refractivity contribution in [2.24, 2.45) is 9.98 Å². The van der Waals surface area contributed by atoms with Gasteiger partial charge in [0.25, 0.3) is 0 Å². The lowest BCUT2D eigenvalue weighted by atomic mass is 9.78. The van der Waals surface area contributed by atoms with E-state index in [-0.39, 0.29) is 21.7 Å². The number of hydrogen-bond donors (Lipinski definition) is 1. The highest BCUT2D eigenvalue weighted by atomic mass is 16.5. The van der Waals surface area contributed by atoms with Gasteiger partial charge in [0.2, 0.25) is 0 Å². The molecule has 0 bridgehead atoms. The van der Waals surface area contributed by atoms with Crippen LogP contribution in [0.3, 0.4) is 0 Å². The van der Waals surface area contributed by atoms with Gasteiger partial charge in [-0.05, 0) is 39.5 Å². The molecular formula is C36H56N2O4. The Hall–Kier alpha value is -2.70. The Morgan fingerprint density at radius 1 is 0.667 bits per heavy atom. The molecule has 0 heterocycles. The van der Waals surface area contributed by atoms with Crippen LogP contribution >= 0.6 is 0 Å². The highest BCUT2D eigenvalue weighted by molar-refractivity contribution is 5.86. The standard InChI is InChI=1S/C36H56N2O4/c1-33(2,3)27-18-25(31(39)29(20-27)35(7,8)9)22-38-15-17-42-24-36(10,11)30-21-28(34(4,5)6)19-26(32(30)41-13)23-37-14-16-40-12/h18-23,39H,14-17,24H2,1-13H3. The van der Waals surface area contributed by atoms with E-state index in [1.165, 1.54) is 11.1 Å². The maximum atomic E-state index is 11.0. The summed E-state index contributed by atoms with van der Waals surface area (Å²) in [5.41, 5.74) is 5.57. The molecule has 0 radical (unpaired) electrons. The zero-order valence-electron chi connectivity index (χ0n) is 28.6. The Labute approximate surface area is 255 Å². The number of nitrogens with zero attached hydrogens (tertiary/aromatic N) is 2. The molecule has 0 aliphatic rings. The van der Waals surface area contributed by atoms with E-state index in [9.17, 15) is 5.11 Å². The largest absolute Gasteiger partial charge is 0.507 e. The van der Waals surface area contributed by atoms with E-state index in [1.807, 2.05) is 12.3 Å². The molecule has 2 aromatic carbocycles. The van der Waals surface area contributed by atoms with Gasteiger partial charge >= 0.3 is 0 Å². The molecule has 0 saturated carbocycles. The summed E-state index contributed by atoms with van der Waals surface area (Å²) in [4.78, 5) is 9.18. The Morgan fingerprint density at radius 3 is 1.67 bits per heavy atom. The molecule has 234 valence electrons. The molecule has 0 aromatic heterocycles. The molecule has 0 unspecified atom stereocenters. The summed E-state index contributed by atoms with van der Waals surface area (Å²) in [6.45, 7) is 26.6. The molecule has 0 amide bonds. The molecule has 0 saturated heterocycles. The normalized spacial score (nSPS) is 13.5. The quantitative estimate of drug-likeness (QED) is 0.206. The molecule has 0 aliphatic heterocycles. The second-order valence-electron chi connectivity index (χ2n) is 14.9. The fraction of sp³-hybridized carbons (Fsp3) is 0.611. The number of hydrogen-bond acceptors (Lipinski definition) is 6. The average molecular weight is 581 g/mol. The van der Waals surface area contributed by atoms with Gasteiger partial charge in [-0.25, -0.2) is 0 Å². The molecule has 2 rings (SSSR count). The van der Waals surface area contributed by atoms with Crippen molar-refractivity contribution in [2.45, 2.75) is 97.8 Å². The van der Waals surface area contributed by atoms with Crippen LogP contribution in [0.5, 0.6) is 11.5 Å². The molecule has 6 nitrogen and oxygen atoms in total. The number of methoxy groups -OCH3 is 2. The van der Waals surface area contributed by atoms with Crippen molar-refractivity contribution in [3.63, 3.8) is 0 Å². The highest BCUT2D eigenvalue weighted by Crippen LogP contribution is 2.39. The van der Waals surface area contributed by atoms with Crippen molar-refractivity contribution >= 4 is 12.4 Å². The van der Waals surface area contributed by atoms with Crippen molar-refractivity contribution in [2.75, 3.05) is 47.1 Å². The minimum Gasteiger partial charge on any atom is -0.507 e. The topological polar surface area (TPSA) is 72.6 Å². The Bertz CT molecular complexity index is 1240. The fourth-order valence-corrected chi connectivity index (χ4v) is 4.66. The van der Waals surface area contributed by atoms with Gasteiger partial charge in [-0.15, -0.1) is 0 Å². The zero-order chi connectivity index (χ0) is 31.9. The summed E-state index contributed by atoms with van der Waals surface area (Å²) in [5.74, 6) is 1.12. The molecular weight excluding hydrogens is 524 g/mol. The first-order valence-corrected chi connectivity index (χ1v) is 15.0. The summed E-state index contributed by atoms with van der Waals surface area (Å²) in [6, 6.07) is 8.57. The molecule has 6 heteroatoms. The van der Waals surface area contributed by atoms with Gasteiger partial charge in [-0.2, -0.15) is 0 Å². The van der Waals surface area contributed by atoms with Crippen LogP contribution in [0, 0.1) is 0 Å². The molecule has 0 fully saturated rings. The van der Waals surface area contributed by atoms with E-state index in [4.69, 9.17) is 14.2 Å². The van der Waals surface area contributed by atoms with Crippen LogP contribution in [-0.4, -0.2) is 64.7 Å². The number of benzene rings is 2. The van der Waals surface area contributed by atoms with Crippen LogP contribution in [0.15, 0.2) is 34.3 Å². The Morgan fingerprint density at radius 2 is 1.17 bits per heavy atom. The number of rotatable bonds is 12. The summed E-state index contributed by atoms with van der Waals surface area (Å²) in [6.07, 6.45) is 3.66. The van der Waals surface area contributed by atoms with Crippen molar-refractivity contribution in [1.29, 1.82) is 0 Å². The molecule has 1 N–H and O–H groups in total. The van der Waals surface area contributed by atoms with E-state index in [1.54, 1.807) is 20.4 Å². The Balaban J connectivity index is 2.23. The van der Waals surface area contributed by atoms with E-state index >= 15 is 0 Å². The first-order chi connectivity index (χ1) is 19.3. The van der Waals surface area contributed by atoms with Crippen LogP contribution in [0.4, 0.5) is 0 Å². The van der Waals surface area contributed by atoms with Crippen LogP contribution in [0.1, 0.15) is 110 Å². The lowest BCUT2D eigenvalue weighted by Crippen LogP contribution is -2.27. The Kier molecular flexibility index (Phi) is 12.0. The van der Waals surface area contributed by atoms with Crippen molar-refractivity contribution in [3.8, 4) is 11.5 Å². The third-order valence-electron chi connectivity index (χ3n) is 7.44. The lowest BCUT2D eigenvalue weighted by molar-refractivity contribution is 0.0999. The van der Waals surface area contributed by atoms with Gasteiger partial charge < -0.3 is 19.3 Å². The highest BCUT2D eigenvalue weighted by Gasteiger charge is 2.29. The number of ether oxygens (including phenoxy) is 3. The van der Waals surface area contributed by atoms with E-state index in [0.29, 0.717) is 38.7 Å². The van der Waals surface area contributed by atoms with Gasteiger partial charge in [-0.3, -0.25) is 9.98 Å². The summed E-state index contributed by atoms with van der Waals surface area (Å²) >= 11 is 0. The molecule has 2 aromatic rings. The summed E-state index contributed by atoms with van der Waals surface area (Å²) in [5, 5.41) is 11.0. The van der Waals surface area contributed by atoms with Crippen LogP contribution in [0.25, 0.3) is 0 Å². The number of phenols is 1. The summed E-state index contributed by atoms with van der Waals surface area (Å²) < 4.78 is 17.3. The van der Waals surface area contributed by atoms with E-state index < -0.39 is 0 Å². The maximum Gasteiger partial charge on any atom is 0.131 e. The van der Waals surface area contributed by atoms with Gasteiger partial charge in [0.1, 0.15) is 11.5 Å². The smallest absolute Gasteiger partial charge is 0.131 e. The lowest BCUT2D eigenvalue weighted by Gasteiger charge is -2.30. The molecule has 0 atom stereocenters. The SMILES string of the molecule is COCCN=Cc1cc(C(C)(C)C)cc(C(C)(C)COCCN=Cc2cc(C(C)(C)C)cc(C(C)(C)C)c2O)c1OC. The molecule has 42 heavy (non-hydrogen) atoms. The number of aliphatic imine (C=N–C) groups is 2. The van der Waals surface area contributed by atoms with Gasteiger partial charge in [0, 0.05) is 47.2 Å². The monoisotopic (exact) mass is 580 g/mol. The van der Waals surface area contributed by atoms with Gasteiger partial charge in [0.05, 0.1) is 40.0 Å². The predicted molar refractivity (Wildman–Crippen MR) is 178 cm³/mol. The van der Waals surface area contributed by atoms with E-state index in [0.717, 1.165) is 28.0 Å². The van der Waals surface area contributed by atoms with Crippen LogP contribution < -0.4 is 4.74 Å². The third-order valence-corrected chi connectivity index (χ3v) is 7.44. The third kappa shape index (κ3) is 9.67. The van der Waals surface area contributed by atoms with Gasteiger partial charge in [-0.1, -0.05) is 88.3 Å². The second kappa shape index (κ2) is 14.2. The summed E-state index contributed by atoms with van der Waals surface area (Å²) in [7, 11) is 3.39.